The number of ketones is 1. The zero-order valence-electron chi connectivity index (χ0n) is 8.81. The second kappa shape index (κ2) is 4.39. The van der Waals surface area contributed by atoms with Crippen LogP contribution in [0, 0.1) is 0 Å². The predicted molar refractivity (Wildman–Crippen MR) is 71.8 cm³/mol. The van der Waals surface area contributed by atoms with Gasteiger partial charge in [-0.25, -0.2) is 4.98 Å². The summed E-state index contributed by atoms with van der Waals surface area (Å²) in [5.74, 6) is -0.0440. The van der Waals surface area contributed by atoms with Crippen LogP contribution in [0.4, 0.5) is 0 Å². The van der Waals surface area contributed by atoms with Gasteiger partial charge in [0.25, 0.3) is 5.78 Å². The van der Waals surface area contributed by atoms with Crippen LogP contribution >= 0.6 is 34.5 Å². The zero-order valence-corrected chi connectivity index (χ0v) is 11.1. The van der Waals surface area contributed by atoms with E-state index in [1.165, 1.54) is 11.3 Å². The van der Waals surface area contributed by atoms with Crippen molar-refractivity contribution in [3.63, 3.8) is 0 Å². The molecule has 3 nitrogen and oxygen atoms in total. The minimum absolute atomic E-state index is 0.212. The fourth-order valence-corrected chi connectivity index (χ4v) is 2.76. The van der Waals surface area contributed by atoms with E-state index in [9.17, 15) is 4.79 Å². The quantitative estimate of drug-likeness (QED) is 0.657. The van der Waals surface area contributed by atoms with Gasteiger partial charge in [0.05, 0.1) is 5.02 Å². The van der Waals surface area contributed by atoms with Gasteiger partial charge >= 0.3 is 0 Å². The molecule has 0 saturated heterocycles. The smallest absolute Gasteiger partial charge is 0.256 e. The molecule has 18 heavy (non-hydrogen) atoms. The van der Waals surface area contributed by atoms with Crippen LogP contribution in [0.3, 0.4) is 0 Å². The average Bonchev–Trinajstić information content (AvgIpc) is 2.96. The van der Waals surface area contributed by atoms with E-state index in [0.29, 0.717) is 26.0 Å². The molecule has 0 saturated carbocycles. The number of fused-ring (bicyclic) bond motifs is 1. The number of rotatable bonds is 2. The third-order valence-corrected chi connectivity index (χ3v) is 3.66. The third-order valence-electron chi connectivity index (χ3n) is 2.39. The Morgan fingerprint density at radius 3 is 2.83 bits per heavy atom. The fraction of sp³-hybridized carbons (Fsp3) is 0. The first kappa shape index (κ1) is 11.7. The molecule has 0 fully saturated rings. The molecule has 0 aliphatic carbocycles. The second-order valence-corrected chi connectivity index (χ2v) is 5.32. The van der Waals surface area contributed by atoms with E-state index < -0.39 is 0 Å². The lowest BCUT2D eigenvalue weighted by atomic mass is 10.2. The van der Waals surface area contributed by atoms with Crippen molar-refractivity contribution in [2.45, 2.75) is 0 Å². The Bertz CT molecular complexity index is 734. The maximum Gasteiger partial charge on any atom is 0.256 e. The summed E-state index contributed by atoms with van der Waals surface area (Å²) in [6.45, 7) is 0. The first-order chi connectivity index (χ1) is 8.65. The summed E-state index contributed by atoms with van der Waals surface area (Å²) in [5.41, 5.74) is 0.459. The van der Waals surface area contributed by atoms with Crippen LogP contribution in [0.25, 0.3) is 11.0 Å². The Balaban J connectivity index is 2.14. The first-order valence-electron chi connectivity index (χ1n) is 4.98. The lowest BCUT2D eigenvalue weighted by molar-refractivity contribution is 0.101. The maximum absolute atomic E-state index is 12.1. The summed E-state index contributed by atoms with van der Waals surface area (Å²) < 4.78 is 5.47. The average molecular weight is 298 g/mol. The Hall–Kier alpha value is -1.36. The fourth-order valence-electron chi connectivity index (χ4n) is 1.63. The van der Waals surface area contributed by atoms with Crippen molar-refractivity contribution >= 4 is 51.3 Å². The van der Waals surface area contributed by atoms with E-state index >= 15 is 0 Å². The number of nitrogens with zero attached hydrogens (tertiary/aromatic N) is 1. The summed E-state index contributed by atoms with van der Waals surface area (Å²) in [6, 6.07) is 4.90. The van der Waals surface area contributed by atoms with Crippen molar-refractivity contribution in [2.24, 2.45) is 0 Å². The van der Waals surface area contributed by atoms with E-state index in [4.69, 9.17) is 27.6 Å². The molecule has 3 rings (SSSR count). The molecule has 0 N–H and O–H groups in total. The molecular weight excluding hydrogens is 293 g/mol. The van der Waals surface area contributed by atoms with E-state index in [1.54, 1.807) is 29.8 Å². The number of carbonyl (C=O) groups excluding carboxylic acids is 1. The van der Waals surface area contributed by atoms with Crippen LogP contribution in [0.1, 0.15) is 15.6 Å². The van der Waals surface area contributed by atoms with Crippen LogP contribution < -0.4 is 0 Å². The highest BCUT2D eigenvalue weighted by Crippen LogP contribution is 2.31. The lowest BCUT2D eigenvalue weighted by Crippen LogP contribution is -1.97. The lowest BCUT2D eigenvalue weighted by Gasteiger charge is -1.93. The number of hydrogen-bond acceptors (Lipinski definition) is 4. The molecule has 90 valence electrons. The molecule has 3 aromatic rings. The second-order valence-electron chi connectivity index (χ2n) is 3.58. The van der Waals surface area contributed by atoms with Crippen LogP contribution in [-0.2, 0) is 0 Å². The topological polar surface area (TPSA) is 43.1 Å². The minimum Gasteiger partial charge on any atom is -0.451 e. The number of furan rings is 1. The standard InChI is InChI=1S/C12H5Cl2NO2S/c13-7-3-6-4-9(17-11(6)8(14)5-7)10(16)12-15-1-2-18-12/h1-5H. The number of benzene rings is 1. The van der Waals surface area contributed by atoms with Gasteiger partial charge in [0, 0.05) is 22.0 Å². The van der Waals surface area contributed by atoms with Gasteiger partial charge in [0.15, 0.2) is 16.4 Å². The molecule has 2 heterocycles. The largest absolute Gasteiger partial charge is 0.451 e. The summed E-state index contributed by atoms with van der Waals surface area (Å²) in [5, 5.41) is 3.71. The number of carbonyl (C=O) groups is 1. The molecule has 0 radical (unpaired) electrons. The first-order valence-corrected chi connectivity index (χ1v) is 6.61. The van der Waals surface area contributed by atoms with Crippen LogP contribution in [0.5, 0.6) is 0 Å². The molecule has 0 unspecified atom stereocenters. The van der Waals surface area contributed by atoms with Gasteiger partial charge in [0.2, 0.25) is 0 Å². The van der Waals surface area contributed by atoms with Gasteiger partial charge in [-0.3, -0.25) is 4.79 Å². The Morgan fingerprint density at radius 2 is 2.11 bits per heavy atom. The number of aromatic nitrogens is 1. The summed E-state index contributed by atoms with van der Waals surface area (Å²) in [7, 11) is 0. The van der Waals surface area contributed by atoms with Crippen molar-refractivity contribution in [2.75, 3.05) is 0 Å². The Labute approximate surface area is 116 Å². The SMILES string of the molecule is O=C(c1cc2cc(Cl)cc(Cl)c2o1)c1nccs1. The van der Waals surface area contributed by atoms with Crippen LogP contribution in [0.15, 0.2) is 34.2 Å². The van der Waals surface area contributed by atoms with Crippen LogP contribution in [0.2, 0.25) is 10.0 Å². The highest BCUT2D eigenvalue weighted by Gasteiger charge is 2.18. The molecule has 0 bridgehead atoms. The number of thiazole rings is 1. The molecule has 0 spiro atoms. The van der Waals surface area contributed by atoms with Crippen LogP contribution in [-0.4, -0.2) is 10.8 Å². The highest BCUT2D eigenvalue weighted by atomic mass is 35.5. The van der Waals surface area contributed by atoms with E-state index in [2.05, 4.69) is 4.98 Å². The number of halogens is 2. The molecule has 1 aromatic carbocycles. The summed E-state index contributed by atoms with van der Waals surface area (Å²) in [6.07, 6.45) is 1.57. The van der Waals surface area contributed by atoms with Gasteiger partial charge in [-0.15, -0.1) is 11.3 Å². The molecule has 2 aromatic heterocycles. The minimum atomic E-state index is -0.256. The van der Waals surface area contributed by atoms with Gasteiger partial charge in [0.1, 0.15) is 0 Å². The van der Waals surface area contributed by atoms with Gasteiger partial charge in [-0.2, -0.15) is 0 Å². The molecule has 0 atom stereocenters. The molecule has 0 aliphatic rings. The van der Waals surface area contributed by atoms with Gasteiger partial charge < -0.3 is 4.42 Å². The Morgan fingerprint density at radius 1 is 1.28 bits per heavy atom. The molecule has 0 amide bonds. The van der Waals surface area contributed by atoms with Gasteiger partial charge in [-0.05, 0) is 18.2 Å². The number of hydrogen-bond donors (Lipinski definition) is 0. The summed E-state index contributed by atoms with van der Waals surface area (Å²) >= 11 is 13.2. The van der Waals surface area contributed by atoms with E-state index in [-0.39, 0.29) is 11.5 Å². The van der Waals surface area contributed by atoms with Crippen molar-refractivity contribution in [1.29, 1.82) is 0 Å². The van der Waals surface area contributed by atoms with E-state index in [0.717, 1.165) is 0 Å². The Kier molecular flexibility index (Phi) is 2.86. The molecule has 6 heteroatoms. The van der Waals surface area contributed by atoms with Crippen molar-refractivity contribution in [1.82, 2.24) is 4.98 Å². The van der Waals surface area contributed by atoms with Crippen molar-refractivity contribution < 1.29 is 9.21 Å². The normalized spacial score (nSPS) is 11.0. The van der Waals surface area contributed by atoms with Crippen molar-refractivity contribution in [3.8, 4) is 0 Å². The molecular formula is C12H5Cl2NO2S. The highest BCUT2D eigenvalue weighted by molar-refractivity contribution is 7.11. The van der Waals surface area contributed by atoms with Crippen molar-refractivity contribution in [3.05, 3.63) is 50.6 Å². The monoisotopic (exact) mass is 297 g/mol. The van der Waals surface area contributed by atoms with Gasteiger partial charge in [-0.1, -0.05) is 23.2 Å². The maximum atomic E-state index is 12.1. The molecule has 0 aliphatic heterocycles. The van der Waals surface area contributed by atoms with E-state index in [1.807, 2.05) is 0 Å². The predicted octanol–water partition coefficient (Wildman–Crippen LogP) is 4.43. The summed E-state index contributed by atoms with van der Waals surface area (Å²) in [4.78, 5) is 16.0. The third kappa shape index (κ3) is 1.92. The zero-order chi connectivity index (χ0) is 12.7.